The Labute approximate surface area is 114 Å². The molecule has 0 saturated heterocycles. The van der Waals surface area contributed by atoms with Crippen LogP contribution in [0, 0.1) is 6.92 Å². The smallest absolute Gasteiger partial charge is 0.115 e. The number of hydrogen-bond donors (Lipinski definition) is 2. The highest BCUT2D eigenvalue weighted by molar-refractivity contribution is 5.28. The number of nitrogens with zero attached hydrogens (tertiary/aromatic N) is 1. The van der Waals surface area contributed by atoms with Crippen molar-refractivity contribution in [3.8, 4) is 5.75 Å². The molecular weight excluding hydrogens is 236 g/mol. The molecule has 1 aromatic heterocycles. The van der Waals surface area contributed by atoms with Gasteiger partial charge >= 0.3 is 0 Å². The normalized spacial score (nSPS) is 12.3. The third-order valence-corrected chi connectivity index (χ3v) is 3.18. The van der Waals surface area contributed by atoms with E-state index in [1.165, 1.54) is 5.56 Å². The van der Waals surface area contributed by atoms with E-state index in [1.807, 2.05) is 37.3 Å². The van der Waals surface area contributed by atoms with Crippen molar-refractivity contribution in [3.05, 3.63) is 59.4 Å². The molecule has 0 aliphatic rings. The lowest BCUT2D eigenvalue weighted by atomic mass is 10.0. The van der Waals surface area contributed by atoms with Gasteiger partial charge in [-0.15, -0.1) is 0 Å². The Hall–Kier alpha value is -1.87. The topological polar surface area (TPSA) is 45.2 Å². The molecule has 1 atom stereocenters. The molecule has 0 aliphatic heterocycles. The molecule has 0 saturated carbocycles. The molecule has 3 nitrogen and oxygen atoms in total. The van der Waals surface area contributed by atoms with Crippen molar-refractivity contribution in [1.82, 2.24) is 10.3 Å². The monoisotopic (exact) mass is 256 g/mol. The molecule has 0 bridgehead atoms. The fourth-order valence-corrected chi connectivity index (χ4v) is 2.13. The summed E-state index contributed by atoms with van der Waals surface area (Å²) >= 11 is 0. The van der Waals surface area contributed by atoms with Gasteiger partial charge in [-0.05, 0) is 43.2 Å². The minimum absolute atomic E-state index is 0.280. The Balaban J connectivity index is 2.01. The molecule has 0 spiro atoms. The number of aryl methyl sites for hydroxylation is 1. The van der Waals surface area contributed by atoms with E-state index in [2.05, 4.69) is 17.2 Å². The van der Waals surface area contributed by atoms with Crippen LogP contribution in [0.3, 0.4) is 0 Å². The summed E-state index contributed by atoms with van der Waals surface area (Å²) in [6.07, 6.45) is 0.997. The van der Waals surface area contributed by atoms with Crippen LogP contribution in [-0.2, 0) is 6.54 Å². The van der Waals surface area contributed by atoms with Crippen LogP contribution < -0.4 is 5.32 Å². The second-order valence-corrected chi connectivity index (χ2v) is 4.70. The van der Waals surface area contributed by atoms with Crippen molar-refractivity contribution < 1.29 is 5.11 Å². The largest absolute Gasteiger partial charge is 0.508 e. The number of nitrogens with one attached hydrogen (secondary N) is 1. The van der Waals surface area contributed by atoms with Gasteiger partial charge in [-0.25, -0.2) is 0 Å². The second kappa shape index (κ2) is 6.34. The lowest BCUT2D eigenvalue weighted by Gasteiger charge is -2.17. The van der Waals surface area contributed by atoms with Crippen molar-refractivity contribution >= 4 is 0 Å². The predicted molar refractivity (Wildman–Crippen MR) is 77.0 cm³/mol. The predicted octanol–water partition coefficient (Wildman–Crippen LogP) is 3.34. The van der Waals surface area contributed by atoms with Crippen LogP contribution in [-0.4, -0.2) is 10.1 Å². The molecule has 19 heavy (non-hydrogen) atoms. The van der Waals surface area contributed by atoms with Gasteiger partial charge in [0.1, 0.15) is 5.75 Å². The SMILES string of the molecule is CCC(NCc1cccc(C)n1)c1ccc(O)cc1. The number of phenolic OH excluding ortho intramolecular Hbond substituents is 1. The summed E-state index contributed by atoms with van der Waals surface area (Å²) in [5, 5.41) is 12.8. The zero-order valence-electron chi connectivity index (χ0n) is 11.4. The van der Waals surface area contributed by atoms with Gasteiger partial charge in [0.05, 0.1) is 5.69 Å². The first kappa shape index (κ1) is 13.6. The first-order chi connectivity index (χ1) is 9.19. The number of phenols is 1. The van der Waals surface area contributed by atoms with E-state index in [9.17, 15) is 5.11 Å². The number of benzene rings is 1. The van der Waals surface area contributed by atoms with Crippen LogP contribution in [0.1, 0.15) is 36.3 Å². The van der Waals surface area contributed by atoms with Crippen LogP contribution >= 0.6 is 0 Å². The first-order valence-electron chi connectivity index (χ1n) is 6.64. The number of pyridine rings is 1. The van der Waals surface area contributed by atoms with E-state index in [1.54, 1.807) is 12.1 Å². The summed E-state index contributed by atoms with van der Waals surface area (Å²) in [7, 11) is 0. The van der Waals surface area contributed by atoms with Crippen LogP contribution in [0.15, 0.2) is 42.5 Å². The van der Waals surface area contributed by atoms with Crippen LogP contribution in [0.5, 0.6) is 5.75 Å². The van der Waals surface area contributed by atoms with Gasteiger partial charge < -0.3 is 10.4 Å². The molecule has 2 rings (SSSR count). The van der Waals surface area contributed by atoms with Crippen molar-refractivity contribution in [2.45, 2.75) is 32.9 Å². The van der Waals surface area contributed by atoms with E-state index in [-0.39, 0.29) is 6.04 Å². The molecule has 1 aromatic carbocycles. The number of hydrogen-bond acceptors (Lipinski definition) is 3. The molecule has 2 aromatic rings. The maximum Gasteiger partial charge on any atom is 0.115 e. The highest BCUT2D eigenvalue weighted by Crippen LogP contribution is 2.19. The van der Waals surface area contributed by atoms with Crippen molar-refractivity contribution in [2.24, 2.45) is 0 Å². The number of aromatic hydroxyl groups is 1. The Morgan fingerprint density at radius 1 is 1.16 bits per heavy atom. The van der Waals surface area contributed by atoms with Crippen molar-refractivity contribution in [2.75, 3.05) is 0 Å². The highest BCUT2D eigenvalue weighted by atomic mass is 16.3. The second-order valence-electron chi connectivity index (χ2n) is 4.70. The fraction of sp³-hybridized carbons (Fsp3) is 0.312. The molecule has 2 N–H and O–H groups in total. The van der Waals surface area contributed by atoms with Gasteiger partial charge in [0.2, 0.25) is 0 Å². The minimum Gasteiger partial charge on any atom is -0.508 e. The quantitative estimate of drug-likeness (QED) is 0.862. The molecule has 0 aliphatic carbocycles. The van der Waals surface area contributed by atoms with E-state index < -0.39 is 0 Å². The molecule has 1 heterocycles. The fourth-order valence-electron chi connectivity index (χ4n) is 2.13. The lowest BCUT2D eigenvalue weighted by molar-refractivity contribution is 0.473. The number of rotatable bonds is 5. The average Bonchev–Trinajstić information content (AvgIpc) is 2.41. The maximum absolute atomic E-state index is 9.32. The maximum atomic E-state index is 9.32. The van der Waals surface area contributed by atoms with Gasteiger partial charge in [-0.1, -0.05) is 25.1 Å². The summed E-state index contributed by atoms with van der Waals surface area (Å²) in [4.78, 5) is 4.48. The van der Waals surface area contributed by atoms with Crippen molar-refractivity contribution in [3.63, 3.8) is 0 Å². The van der Waals surface area contributed by atoms with Crippen molar-refractivity contribution in [1.29, 1.82) is 0 Å². The Bertz CT molecular complexity index is 523. The third kappa shape index (κ3) is 3.80. The first-order valence-corrected chi connectivity index (χ1v) is 6.64. The van der Waals surface area contributed by atoms with Gasteiger partial charge in [0.25, 0.3) is 0 Å². The van der Waals surface area contributed by atoms with Gasteiger partial charge in [0.15, 0.2) is 0 Å². The molecule has 0 radical (unpaired) electrons. The zero-order valence-corrected chi connectivity index (χ0v) is 11.4. The zero-order chi connectivity index (χ0) is 13.7. The summed E-state index contributed by atoms with van der Waals surface area (Å²) in [5.74, 6) is 0.305. The molecule has 1 unspecified atom stereocenters. The highest BCUT2D eigenvalue weighted by Gasteiger charge is 2.08. The Kier molecular flexibility index (Phi) is 4.53. The van der Waals surface area contributed by atoms with Gasteiger partial charge in [-0.3, -0.25) is 4.98 Å². The van der Waals surface area contributed by atoms with E-state index in [0.29, 0.717) is 5.75 Å². The van der Waals surface area contributed by atoms with Gasteiger partial charge in [-0.2, -0.15) is 0 Å². The van der Waals surface area contributed by atoms with E-state index in [0.717, 1.165) is 24.4 Å². The average molecular weight is 256 g/mol. The van der Waals surface area contributed by atoms with Crippen LogP contribution in [0.2, 0.25) is 0 Å². The standard InChI is InChI=1S/C16H20N2O/c1-3-16(13-7-9-15(19)10-8-13)17-11-14-6-4-5-12(2)18-14/h4-10,16-17,19H,3,11H2,1-2H3. The molecule has 0 amide bonds. The molecule has 100 valence electrons. The van der Waals surface area contributed by atoms with E-state index in [4.69, 9.17) is 0 Å². The lowest BCUT2D eigenvalue weighted by Crippen LogP contribution is -2.20. The van der Waals surface area contributed by atoms with Gasteiger partial charge in [0, 0.05) is 18.3 Å². The molecule has 0 fully saturated rings. The van der Waals surface area contributed by atoms with Crippen LogP contribution in [0.25, 0.3) is 0 Å². The Morgan fingerprint density at radius 2 is 1.89 bits per heavy atom. The molecule has 3 heteroatoms. The summed E-state index contributed by atoms with van der Waals surface area (Å²) in [6.45, 7) is 4.90. The minimum atomic E-state index is 0.280. The third-order valence-electron chi connectivity index (χ3n) is 3.18. The summed E-state index contributed by atoms with van der Waals surface area (Å²) < 4.78 is 0. The summed E-state index contributed by atoms with van der Waals surface area (Å²) in [5.41, 5.74) is 3.28. The summed E-state index contributed by atoms with van der Waals surface area (Å²) in [6, 6.07) is 13.7. The Morgan fingerprint density at radius 3 is 2.53 bits per heavy atom. The number of aromatic nitrogens is 1. The van der Waals surface area contributed by atoms with E-state index >= 15 is 0 Å². The van der Waals surface area contributed by atoms with Crippen LogP contribution in [0.4, 0.5) is 0 Å². The molecular formula is C16H20N2O.